The Morgan fingerprint density at radius 3 is 3.24 bits per heavy atom. The fourth-order valence-corrected chi connectivity index (χ4v) is 3.62. The van der Waals surface area contributed by atoms with Crippen molar-refractivity contribution < 1.29 is 4.74 Å². The number of hydrogen-bond donors (Lipinski definition) is 1. The van der Waals surface area contributed by atoms with Crippen LogP contribution in [0.1, 0.15) is 24.8 Å². The zero-order chi connectivity index (χ0) is 11.8. The van der Waals surface area contributed by atoms with Gasteiger partial charge in [0.05, 0.1) is 18.8 Å². The normalized spacial score (nSPS) is 27.8. The topological polar surface area (TPSA) is 75.2 Å². The summed E-state index contributed by atoms with van der Waals surface area (Å²) in [6, 6.07) is 2.56. The second-order valence-corrected chi connectivity index (χ2v) is 5.21. The summed E-state index contributed by atoms with van der Waals surface area (Å²) in [5.41, 5.74) is 6.24. The number of nitrogen functional groups attached to an aromatic ring is 1. The van der Waals surface area contributed by atoms with Crippen molar-refractivity contribution in [1.29, 1.82) is 5.26 Å². The van der Waals surface area contributed by atoms with Gasteiger partial charge in [-0.05, 0) is 30.8 Å². The molecule has 6 heteroatoms. The predicted molar refractivity (Wildman–Crippen MR) is 66.0 cm³/mol. The number of aromatic nitrogens is 1. The molecule has 1 saturated heterocycles. The third kappa shape index (κ3) is 1.66. The molecule has 2 heterocycles. The van der Waals surface area contributed by atoms with E-state index in [-0.39, 0.29) is 0 Å². The van der Waals surface area contributed by atoms with E-state index < -0.39 is 0 Å². The van der Waals surface area contributed by atoms with Gasteiger partial charge in [0.15, 0.2) is 5.82 Å². The molecule has 90 valence electrons. The Kier molecular flexibility index (Phi) is 2.65. The molecule has 3 rings (SSSR count). The number of hydrogen-bond acceptors (Lipinski definition) is 6. The Morgan fingerprint density at radius 2 is 2.41 bits per heavy atom. The lowest BCUT2D eigenvalue weighted by Gasteiger charge is -2.38. The Labute approximate surface area is 104 Å². The van der Waals surface area contributed by atoms with E-state index in [0.717, 1.165) is 31.0 Å². The number of ether oxygens (including phenoxy) is 1. The third-order valence-corrected chi connectivity index (χ3v) is 4.45. The summed E-state index contributed by atoms with van der Waals surface area (Å²) in [6.45, 7) is 1.56. The summed E-state index contributed by atoms with van der Waals surface area (Å²) in [4.78, 5) is 2.27. The van der Waals surface area contributed by atoms with E-state index in [1.165, 1.54) is 18.0 Å². The number of morpholine rings is 1. The van der Waals surface area contributed by atoms with Crippen LogP contribution in [0.4, 0.5) is 10.8 Å². The van der Waals surface area contributed by atoms with Gasteiger partial charge in [0.1, 0.15) is 16.6 Å². The van der Waals surface area contributed by atoms with E-state index in [9.17, 15) is 0 Å². The number of nitrogens with zero attached hydrogens (tertiary/aromatic N) is 3. The van der Waals surface area contributed by atoms with Crippen LogP contribution in [-0.2, 0) is 4.74 Å². The summed E-state index contributed by atoms with van der Waals surface area (Å²) < 4.78 is 9.85. The van der Waals surface area contributed by atoms with Gasteiger partial charge in [-0.2, -0.15) is 9.64 Å². The number of nitrogens with two attached hydrogens (primary N) is 1. The number of nitriles is 1. The minimum Gasteiger partial charge on any atom is -0.382 e. The van der Waals surface area contributed by atoms with Gasteiger partial charge in [-0.25, -0.2) is 0 Å². The average Bonchev–Trinajstić information content (AvgIpc) is 2.94. The van der Waals surface area contributed by atoms with Gasteiger partial charge < -0.3 is 15.4 Å². The molecule has 0 bridgehead atoms. The minimum absolute atomic E-state index is 0.318. The van der Waals surface area contributed by atoms with Gasteiger partial charge >= 0.3 is 0 Å². The minimum atomic E-state index is 0.318. The third-order valence-electron chi connectivity index (χ3n) is 3.56. The van der Waals surface area contributed by atoms with Crippen LogP contribution in [0.25, 0.3) is 0 Å². The molecule has 1 aliphatic heterocycles. The lowest BCUT2D eigenvalue weighted by atomic mass is 10.1. The molecule has 0 radical (unpaired) electrons. The van der Waals surface area contributed by atoms with E-state index in [1.54, 1.807) is 0 Å². The first kappa shape index (κ1) is 10.8. The summed E-state index contributed by atoms with van der Waals surface area (Å²) in [5.74, 6) is 0.355. The Hall–Kier alpha value is -1.32. The van der Waals surface area contributed by atoms with E-state index in [0.29, 0.717) is 23.5 Å². The van der Waals surface area contributed by atoms with Crippen LogP contribution in [-0.4, -0.2) is 29.7 Å². The maximum atomic E-state index is 9.14. The summed E-state index contributed by atoms with van der Waals surface area (Å²) in [6.07, 6.45) is 3.77. The first-order valence-electron chi connectivity index (χ1n) is 5.84. The van der Waals surface area contributed by atoms with Crippen LogP contribution in [0.3, 0.4) is 0 Å². The van der Waals surface area contributed by atoms with Crippen LogP contribution in [0.2, 0.25) is 0 Å². The van der Waals surface area contributed by atoms with Gasteiger partial charge in [-0.1, -0.05) is 0 Å². The molecule has 1 aromatic heterocycles. The lowest BCUT2D eigenvalue weighted by Crippen LogP contribution is -2.48. The highest BCUT2D eigenvalue weighted by Crippen LogP contribution is 2.38. The molecule has 5 nitrogen and oxygen atoms in total. The first-order chi connectivity index (χ1) is 8.31. The molecule has 2 aliphatic rings. The van der Waals surface area contributed by atoms with Gasteiger partial charge in [-0.15, -0.1) is 0 Å². The highest BCUT2D eigenvalue weighted by Gasteiger charge is 2.38. The number of anilines is 2. The second-order valence-electron chi connectivity index (χ2n) is 4.46. The quantitative estimate of drug-likeness (QED) is 0.814. The predicted octanol–water partition coefficient (Wildman–Crippen LogP) is 1.35. The Balaban J connectivity index is 1.95. The summed E-state index contributed by atoms with van der Waals surface area (Å²) in [7, 11) is 0. The second kappa shape index (κ2) is 4.17. The zero-order valence-electron chi connectivity index (χ0n) is 9.43. The molecule has 1 aromatic rings. The van der Waals surface area contributed by atoms with Crippen LogP contribution < -0.4 is 10.6 Å². The van der Waals surface area contributed by atoms with E-state index >= 15 is 0 Å². The van der Waals surface area contributed by atoms with Crippen molar-refractivity contribution in [3.05, 3.63) is 5.56 Å². The molecule has 2 unspecified atom stereocenters. The molecule has 0 amide bonds. The first-order valence-corrected chi connectivity index (χ1v) is 6.62. The van der Waals surface area contributed by atoms with Crippen molar-refractivity contribution >= 4 is 22.4 Å². The molecular weight excluding hydrogens is 236 g/mol. The van der Waals surface area contributed by atoms with Crippen molar-refractivity contribution in [1.82, 2.24) is 4.37 Å². The average molecular weight is 250 g/mol. The Morgan fingerprint density at radius 1 is 1.53 bits per heavy atom. The molecule has 17 heavy (non-hydrogen) atoms. The number of fused-ring (bicyclic) bond motifs is 1. The molecule has 2 N–H and O–H groups in total. The highest BCUT2D eigenvalue weighted by molar-refractivity contribution is 7.10. The van der Waals surface area contributed by atoms with Gasteiger partial charge in [0.25, 0.3) is 0 Å². The lowest BCUT2D eigenvalue weighted by molar-refractivity contribution is 0.0259. The summed E-state index contributed by atoms with van der Waals surface area (Å²) in [5, 5.41) is 10.1. The smallest absolute Gasteiger partial charge is 0.157 e. The molecule has 2 fully saturated rings. The van der Waals surface area contributed by atoms with Gasteiger partial charge in [-0.3, -0.25) is 0 Å². The molecule has 1 saturated carbocycles. The van der Waals surface area contributed by atoms with E-state index in [1.807, 2.05) is 0 Å². The molecule has 2 atom stereocenters. The van der Waals surface area contributed by atoms with E-state index in [4.69, 9.17) is 15.7 Å². The van der Waals surface area contributed by atoms with Crippen molar-refractivity contribution in [3.8, 4) is 6.07 Å². The molecule has 0 aromatic carbocycles. The number of rotatable bonds is 1. The zero-order valence-corrected chi connectivity index (χ0v) is 10.2. The monoisotopic (exact) mass is 250 g/mol. The van der Waals surface area contributed by atoms with Crippen molar-refractivity contribution in [2.24, 2.45) is 0 Å². The van der Waals surface area contributed by atoms with Crippen molar-refractivity contribution in [2.45, 2.75) is 31.4 Å². The van der Waals surface area contributed by atoms with Gasteiger partial charge in [0.2, 0.25) is 0 Å². The molecule has 0 spiro atoms. The standard InChI is InChI=1S/C11H14N4OS/c12-6-7-10(13)14-17-11(7)15-4-5-16-9-3-1-2-8(9)15/h8-9H,1-5H2,(H2,13,14). The van der Waals surface area contributed by atoms with Crippen LogP contribution in [0.15, 0.2) is 0 Å². The largest absolute Gasteiger partial charge is 0.382 e. The highest BCUT2D eigenvalue weighted by atomic mass is 32.1. The summed E-state index contributed by atoms with van der Waals surface area (Å²) >= 11 is 1.33. The van der Waals surface area contributed by atoms with Crippen molar-refractivity contribution in [3.63, 3.8) is 0 Å². The SMILES string of the molecule is N#Cc1c(N)nsc1N1CCOC2CCCC21. The maximum absolute atomic E-state index is 9.14. The van der Waals surface area contributed by atoms with E-state index in [2.05, 4.69) is 15.3 Å². The van der Waals surface area contributed by atoms with Crippen LogP contribution in [0.5, 0.6) is 0 Å². The van der Waals surface area contributed by atoms with Crippen LogP contribution in [0, 0.1) is 11.3 Å². The Bertz CT molecular complexity index is 467. The van der Waals surface area contributed by atoms with Gasteiger partial charge in [0, 0.05) is 6.54 Å². The van der Waals surface area contributed by atoms with Crippen molar-refractivity contribution in [2.75, 3.05) is 23.8 Å². The van der Waals surface area contributed by atoms with Crippen LogP contribution >= 0.6 is 11.5 Å². The fourth-order valence-electron chi connectivity index (χ4n) is 2.77. The molecular formula is C11H14N4OS. The maximum Gasteiger partial charge on any atom is 0.157 e. The molecule has 1 aliphatic carbocycles. The fraction of sp³-hybridized carbons (Fsp3) is 0.636.